The van der Waals surface area contributed by atoms with Gasteiger partial charge < -0.3 is 11.1 Å². The number of hydrogen-bond donors (Lipinski definition) is 2. The summed E-state index contributed by atoms with van der Waals surface area (Å²) < 4.78 is 0. The SMILES string of the molecule is CC(C)C[C@H](CC(N)=O)CC(=O)NCCc1ccccc1. The van der Waals surface area contributed by atoms with Crippen LogP contribution >= 0.6 is 0 Å². The molecular formula is C17H26N2O2. The molecule has 2 amide bonds. The molecule has 1 atom stereocenters. The third kappa shape index (κ3) is 8.12. The second-order valence-electron chi connectivity index (χ2n) is 5.96. The lowest BCUT2D eigenvalue weighted by molar-refractivity contribution is -0.123. The molecule has 0 aromatic heterocycles. The summed E-state index contributed by atoms with van der Waals surface area (Å²) in [6.45, 7) is 4.79. The fourth-order valence-electron chi connectivity index (χ4n) is 2.52. The van der Waals surface area contributed by atoms with Crippen LogP contribution in [0.3, 0.4) is 0 Å². The molecule has 0 bridgehead atoms. The van der Waals surface area contributed by atoms with Gasteiger partial charge in [-0.25, -0.2) is 0 Å². The zero-order valence-electron chi connectivity index (χ0n) is 13.0. The van der Waals surface area contributed by atoms with E-state index < -0.39 is 0 Å². The van der Waals surface area contributed by atoms with Crippen molar-refractivity contribution in [2.45, 2.75) is 39.5 Å². The molecule has 1 rings (SSSR count). The van der Waals surface area contributed by atoms with Gasteiger partial charge in [0.15, 0.2) is 0 Å². The van der Waals surface area contributed by atoms with Crippen LogP contribution < -0.4 is 11.1 Å². The Bertz CT molecular complexity index is 443. The Morgan fingerprint density at radius 1 is 1.14 bits per heavy atom. The molecule has 0 radical (unpaired) electrons. The zero-order valence-corrected chi connectivity index (χ0v) is 13.0. The summed E-state index contributed by atoms with van der Waals surface area (Å²) in [6, 6.07) is 10.0. The lowest BCUT2D eigenvalue weighted by Gasteiger charge is -2.17. The lowest BCUT2D eigenvalue weighted by atomic mass is 9.91. The van der Waals surface area contributed by atoms with Crippen LogP contribution in [0.25, 0.3) is 0 Å². The maximum absolute atomic E-state index is 11.9. The van der Waals surface area contributed by atoms with Gasteiger partial charge in [-0.05, 0) is 30.2 Å². The maximum atomic E-state index is 11.9. The monoisotopic (exact) mass is 290 g/mol. The summed E-state index contributed by atoms with van der Waals surface area (Å²) in [7, 11) is 0. The van der Waals surface area contributed by atoms with Crippen molar-refractivity contribution in [3.63, 3.8) is 0 Å². The van der Waals surface area contributed by atoms with E-state index in [2.05, 4.69) is 19.2 Å². The van der Waals surface area contributed by atoms with Crippen molar-refractivity contribution >= 4 is 11.8 Å². The topological polar surface area (TPSA) is 72.2 Å². The van der Waals surface area contributed by atoms with Gasteiger partial charge in [0, 0.05) is 19.4 Å². The highest BCUT2D eigenvalue weighted by Crippen LogP contribution is 2.18. The van der Waals surface area contributed by atoms with Crippen LogP contribution in [0.4, 0.5) is 0 Å². The minimum Gasteiger partial charge on any atom is -0.370 e. The molecule has 0 heterocycles. The Kier molecular flexibility index (Phi) is 7.51. The molecule has 1 aromatic rings. The predicted molar refractivity (Wildman–Crippen MR) is 84.5 cm³/mol. The summed E-state index contributed by atoms with van der Waals surface area (Å²) in [5.41, 5.74) is 6.45. The van der Waals surface area contributed by atoms with Crippen molar-refractivity contribution in [2.24, 2.45) is 17.6 Å². The third-order valence-corrected chi connectivity index (χ3v) is 3.35. The van der Waals surface area contributed by atoms with Crippen molar-refractivity contribution < 1.29 is 9.59 Å². The molecule has 0 saturated carbocycles. The number of nitrogens with one attached hydrogen (secondary N) is 1. The largest absolute Gasteiger partial charge is 0.370 e. The van der Waals surface area contributed by atoms with Gasteiger partial charge in [-0.2, -0.15) is 0 Å². The fourth-order valence-corrected chi connectivity index (χ4v) is 2.52. The number of benzene rings is 1. The molecule has 4 heteroatoms. The van der Waals surface area contributed by atoms with Crippen LogP contribution in [0, 0.1) is 11.8 Å². The van der Waals surface area contributed by atoms with Crippen molar-refractivity contribution in [1.82, 2.24) is 5.32 Å². The molecule has 3 N–H and O–H groups in total. The number of amides is 2. The summed E-state index contributed by atoms with van der Waals surface area (Å²) in [6.07, 6.45) is 2.31. The average molecular weight is 290 g/mol. The first-order valence-corrected chi connectivity index (χ1v) is 7.56. The van der Waals surface area contributed by atoms with Crippen LogP contribution in [0.2, 0.25) is 0 Å². The summed E-state index contributed by atoms with van der Waals surface area (Å²) in [5, 5.41) is 2.92. The fraction of sp³-hybridized carbons (Fsp3) is 0.529. The summed E-state index contributed by atoms with van der Waals surface area (Å²) in [4.78, 5) is 23.0. The van der Waals surface area contributed by atoms with E-state index in [1.165, 1.54) is 5.56 Å². The number of primary amides is 1. The van der Waals surface area contributed by atoms with Crippen LogP contribution in [-0.4, -0.2) is 18.4 Å². The first-order chi connectivity index (χ1) is 9.97. The number of carbonyl (C=O) groups is 2. The molecule has 0 unspecified atom stereocenters. The standard InChI is InChI=1S/C17H26N2O2/c1-13(2)10-15(11-16(18)20)12-17(21)19-9-8-14-6-4-3-5-7-14/h3-7,13,15H,8-12H2,1-2H3,(H2,18,20)(H,19,21)/t15-/m1/s1. The van der Waals surface area contributed by atoms with Gasteiger partial charge in [0.25, 0.3) is 0 Å². The normalized spacial score (nSPS) is 12.1. The number of hydrogen-bond acceptors (Lipinski definition) is 2. The molecule has 0 fully saturated rings. The minimum absolute atomic E-state index is 0.00201. The van der Waals surface area contributed by atoms with Gasteiger partial charge in [-0.3, -0.25) is 9.59 Å². The lowest BCUT2D eigenvalue weighted by Crippen LogP contribution is -2.29. The van der Waals surface area contributed by atoms with Crippen LogP contribution in [-0.2, 0) is 16.0 Å². The van der Waals surface area contributed by atoms with E-state index in [4.69, 9.17) is 5.73 Å². The van der Waals surface area contributed by atoms with Crippen LogP contribution in [0.15, 0.2) is 30.3 Å². The highest BCUT2D eigenvalue weighted by atomic mass is 16.2. The minimum atomic E-state index is -0.335. The molecule has 0 aliphatic carbocycles. The third-order valence-electron chi connectivity index (χ3n) is 3.35. The molecule has 0 spiro atoms. The van der Waals surface area contributed by atoms with Crippen LogP contribution in [0.5, 0.6) is 0 Å². The number of rotatable bonds is 9. The van der Waals surface area contributed by atoms with Gasteiger partial charge in [-0.1, -0.05) is 44.2 Å². The van der Waals surface area contributed by atoms with Crippen molar-refractivity contribution in [3.8, 4) is 0 Å². The van der Waals surface area contributed by atoms with Crippen molar-refractivity contribution in [3.05, 3.63) is 35.9 Å². The Labute approximate surface area is 127 Å². The van der Waals surface area contributed by atoms with E-state index >= 15 is 0 Å². The van der Waals surface area contributed by atoms with Gasteiger partial charge in [-0.15, -0.1) is 0 Å². The number of nitrogens with two attached hydrogens (primary N) is 1. The molecule has 0 saturated heterocycles. The van der Waals surface area contributed by atoms with Gasteiger partial charge in [0.1, 0.15) is 0 Å². The molecule has 21 heavy (non-hydrogen) atoms. The highest BCUT2D eigenvalue weighted by molar-refractivity contribution is 5.78. The number of carbonyl (C=O) groups excluding carboxylic acids is 2. The van der Waals surface area contributed by atoms with Crippen molar-refractivity contribution in [2.75, 3.05) is 6.54 Å². The smallest absolute Gasteiger partial charge is 0.220 e. The Balaban J connectivity index is 2.34. The Morgan fingerprint density at radius 2 is 1.81 bits per heavy atom. The first-order valence-electron chi connectivity index (χ1n) is 7.56. The maximum Gasteiger partial charge on any atom is 0.220 e. The van der Waals surface area contributed by atoms with Gasteiger partial charge >= 0.3 is 0 Å². The average Bonchev–Trinajstić information content (AvgIpc) is 2.38. The molecular weight excluding hydrogens is 264 g/mol. The Morgan fingerprint density at radius 3 is 2.38 bits per heavy atom. The van der Waals surface area contributed by atoms with E-state index in [9.17, 15) is 9.59 Å². The second kappa shape index (κ2) is 9.16. The first kappa shape index (κ1) is 17.2. The summed E-state index contributed by atoms with van der Waals surface area (Å²) in [5.74, 6) is 0.154. The van der Waals surface area contributed by atoms with Gasteiger partial charge in [0.05, 0.1) is 0 Å². The quantitative estimate of drug-likeness (QED) is 0.732. The van der Waals surface area contributed by atoms with E-state index in [0.29, 0.717) is 18.9 Å². The molecule has 1 aromatic carbocycles. The molecule has 0 aliphatic heterocycles. The zero-order chi connectivity index (χ0) is 15.7. The van der Waals surface area contributed by atoms with Gasteiger partial charge in [0.2, 0.25) is 11.8 Å². The highest BCUT2D eigenvalue weighted by Gasteiger charge is 2.17. The van der Waals surface area contributed by atoms with E-state index in [1.54, 1.807) is 0 Å². The van der Waals surface area contributed by atoms with E-state index in [-0.39, 0.29) is 24.2 Å². The van der Waals surface area contributed by atoms with Crippen molar-refractivity contribution in [1.29, 1.82) is 0 Å². The summed E-state index contributed by atoms with van der Waals surface area (Å²) >= 11 is 0. The second-order valence-corrected chi connectivity index (χ2v) is 5.96. The van der Waals surface area contributed by atoms with Crippen LogP contribution in [0.1, 0.15) is 38.7 Å². The van der Waals surface area contributed by atoms with E-state index in [1.807, 2.05) is 30.3 Å². The molecule has 116 valence electrons. The predicted octanol–water partition coefficient (Wildman–Crippen LogP) is 2.27. The molecule has 0 aliphatic rings. The Hall–Kier alpha value is -1.84. The molecule has 4 nitrogen and oxygen atoms in total. The van der Waals surface area contributed by atoms with E-state index in [0.717, 1.165) is 12.8 Å².